The van der Waals surface area contributed by atoms with Crippen LogP contribution in [0.1, 0.15) is 18.4 Å². The Morgan fingerprint density at radius 1 is 1.44 bits per heavy atom. The maximum absolute atomic E-state index is 11.3. The number of rotatable bonds is 6. The van der Waals surface area contributed by atoms with Gasteiger partial charge in [0.2, 0.25) is 5.91 Å². The van der Waals surface area contributed by atoms with E-state index in [-0.39, 0.29) is 5.91 Å². The van der Waals surface area contributed by atoms with Crippen molar-refractivity contribution in [1.82, 2.24) is 15.5 Å². The van der Waals surface area contributed by atoms with E-state index in [4.69, 9.17) is 0 Å². The third-order valence-electron chi connectivity index (χ3n) is 2.46. The van der Waals surface area contributed by atoms with E-state index in [1.54, 1.807) is 11.3 Å². The van der Waals surface area contributed by atoms with Crippen LogP contribution >= 0.6 is 11.3 Å². The molecule has 18 heavy (non-hydrogen) atoms. The van der Waals surface area contributed by atoms with Crippen molar-refractivity contribution in [2.24, 2.45) is 0 Å². The highest BCUT2D eigenvalue weighted by Crippen LogP contribution is 2.08. The van der Waals surface area contributed by atoms with E-state index in [0.29, 0.717) is 6.42 Å². The van der Waals surface area contributed by atoms with Gasteiger partial charge in [-0.15, -0.1) is 0 Å². The normalized spacial score (nSPS) is 10.4. The lowest BCUT2D eigenvalue weighted by atomic mass is 10.2. The molecule has 0 aromatic carbocycles. The molecule has 6 heteroatoms. The molecular weight excluding hydrogens is 250 g/mol. The minimum absolute atomic E-state index is 0.238. The highest BCUT2D eigenvalue weighted by atomic mass is 32.1. The SMILES string of the molecule is CNC(=O)NC(=O)CCCN(C)Cc1ccsc1. The quantitative estimate of drug-likeness (QED) is 0.821. The highest BCUT2D eigenvalue weighted by Gasteiger charge is 2.06. The lowest BCUT2D eigenvalue weighted by Gasteiger charge is -2.15. The molecule has 1 aromatic heterocycles. The van der Waals surface area contributed by atoms with Crippen LogP contribution in [0.3, 0.4) is 0 Å². The van der Waals surface area contributed by atoms with Crippen LogP contribution in [0.15, 0.2) is 16.8 Å². The predicted molar refractivity (Wildman–Crippen MR) is 72.5 cm³/mol. The average Bonchev–Trinajstić information content (AvgIpc) is 2.81. The summed E-state index contributed by atoms with van der Waals surface area (Å²) in [7, 11) is 3.51. The molecule has 2 N–H and O–H groups in total. The summed E-state index contributed by atoms with van der Waals surface area (Å²) in [5, 5.41) is 8.76. The average molecular weight is 269 g/mol. The summed E-state index contributed by atoms with van der Waals surface area (Å²) in [6, 6.07) is 1.64. The molecule has 0 bridgehead atoms. The molecule has 0 aliphatic heterocycles. The first-order valence-electron chi connectivity index (χ1n) is 5.83. The molecule has 0 saturated heterocycles. The molecule has 0 unspecified atom stereocenters. The second-order valence-corrected chi connectivity index (χ2v) is 4.88. The Balaban J connectivity index is 2.13. The maximum Gasteiger partial charge on any atom is 0.321 e. The van der Waals surface area contributed by atoms with Crippen LogP contribution in [0.25, 0.3) is 0 Å². The van der Waals surface area contributed by atoms with Crippen LogP contribution in [0.4, 0.5) is 4.79 Å². The topological polar surface area (TPSA) is 61.4 Å². The van der Waals surface area contributed by atoms with Crippen molar-refractivity contribution in [2.75, 3.05) is 20.6 Å². The summed E-state index contributed by atoms with van der Waals surface area (Å²) in [4.78, 5) is 24.4. The number of amides is 3. The molecule has 0 spiro atoms. The zero-order valence-corrected chi connectivity index (χ0v) is 11.5. The molecule has 0 aliphatic carbocycles. The van der Waals surface area contributed by atoms with Crippen molar-refractivity contribution in [3.05, 3.63) is 22.4 Å². The third kappa shape index (κ3) is 5.79. The molecule has 0 aliphatic rings. The number of imide groups is 1. The first kappa shape index (κ1) is 14.7. The number of hydrogen-bond acceptors (Lipinski definition) is 4. The van der Waals surface area contributed by atoms with Crippen molar-refractivity contribution < 1.29 is 9.59 Å². The Morgan fingerprint density at radius 2 is 2.22 bits per heavy atom. The van der Waals surface area contributed by atoms with Gasteiger partial charge in [0.05, 0.1) is 0 Å². The van der Waals surface area contributed by atoms with Crippen LogP contribution in [0.5, 0.6) is 0 Å². The maximum atomic E-state index is 11.3. The molecule has 0 saturated carbocycles. The first-order valence-corrected chi connectivity index (χ1v) is 6.77. The summed E-state index contributed by atoms with van der Waals surface area (Å²) in [5.74, 6) is -0.238. The van der Waals surface area contributed by atoms with Gasteiger partial charge in [-0.1, -0.05) is 0 Å². The van der Waals surface area contributed by atoms with Crippen LogP contribution < -0.4 is 10.6 Å². The number of nitrogens with one attached hydrogen (secondary N) is 2. The van der Waals surface area contributed by atoms with Gasteiger partial charge in [-0.05, 0) is 42.4 Å². The fourth-order valence-corrected chi connectivity index (χ4v) is 2.19. The number of carbonyl (C=O) groups excluding carboxylic acids is 2. The van der Waals surface area contributed by atoms with E-state index in [9.17, 15) is 9.59 Å². The Hall–Kier alpha value is -1.40. The number of carbonyl (C=O) groups is 2. The lowest BCUT2D eigenvalue weighted by molar-refractivity contribution is -0.120. The monoisotopic (exact) mass is 269 g/mol. The standard InChI is InChI=1S/C12H19N3O2S/c1-13-12(17)14-11(16)4-3-6-15(2)8-10-5-7-18-9-10/h5,7,9H,3-4,6,8H2,1-2H3,(H2,13,14,16,17). The van der Waals surface area contributed by atoms with Crippen LogP contribution in [0.2, 0.25) is 0 Å². The minimum Gasteiger partial charge on any atom is -0.341 e. The lowest BCUT2D eigenvalue weighted by Crippen LogP contribution is -2.37. The van der Waals surface area contributed by atoms with Crippen molar-refractivity contribution in [2.45, 2.75) is 19.4 Å². The van der Waals surface area contributed by atoms with E-state index in [1.165, 1.54) is 12.6 Å². The van der Waals surface area contributed by atoms with E-state index in [1.807, 2.05) is 7.05 Å². The molecule has 0 radical (unpaired) electrons. The molecule has 5 nitrogen and oxygen atoms in total. The van der Waals surface area contributed by atoms with Gasteiger partial charge in [-0.25, -0.2) is 4.79 Å². The Kier molecular flexibility index (Phi) is 6.38. The molecule has 1 heterocycles. The number of hydrogen-bond donors (Lipinski definition) is 2. The van der Waals surface area contributed by atoms with Gasteiger partial charge < -0.3 is 10.2 Å². The fourth-order valence-electron chi connectivity index (χ4n) is 1.53. The smallest absolute Gasteiger partial charge is 0.321 e. The summed E-state index contributed by atoms with van der Waals surface area (Å²) in [5.41, 5.74) is 1.29. The summed E-state index contributed by atoms with van der Waals surface area (Å²) in [6.45, 7) is 1.72. The van der Waals surface area contributed by atoms with Gasteiger partial charge in [0.15, 0.2) is 0 Å². The Labute approximate surface area is 111 Å². The highest BCUT2D eigenvalue weighted by molar-refractivity contribution is 7.07. The van der Waals surface area contributed by atoms with Gasteiger partial charge in [0.25, 0.3) is 0 Å². The van der Waals surface area contributed by atoms with Gasteiger partial charge in [-0.2, -0.15) is 11.3 Å². The van der Waals surface area contributed by atoms with Gasteiger partial charge >= 0.3 is 6.03 Å². The number of thiophene rings is 1. The molecule has 100 valence electrons. The van der Waals surface area contributed by atoms with Crippen LogP contribution in [-0.2, 0) is 11.3 Å². The third-order valence-corrected chi connectivity index (χ3v) is 3.19. The van der Waals surface area contributed by atoms with Crippen LogP contribution in [0, 0.1) is 0 Å². The molecule has 0 atom stereocenters. The molecular formula is C12H19N3O2S. The zero-order chi connectivity index (χ0) is 13.4. The van der Waals surface area contributed by atoms with Crippen LogP contribution in [-0.4, -0.2) is 37.5 Å². The second-order valence-electron chi connectivity index (χ2n) is 4.10. The van der Waals surface area contributed by atoms with E-state index < -0.39 is 6.03 Å². The first-order chi connectivity index (χ1) is 8.61. The molecule has 3 amide bonds. The van der Waals surface area contributed by atoms with Gasteiger partial charge in [0.1, 0.15) is 0 Å². The minimum atomic E-state index is -0.452. The zero-order valence-electron chi connectivity index (χ0n) is 10.7. The predicted octanol–water partition coefficient (Wildman–Crippen LogP) is 1.42. The van der Waals surface area contributed by atoms with Crippen molar-refractivity contribution in [3.63, 3.8) is 0 Å². The van der Waals surface area contributed by atoms with Crippen molar-refractivity contribution in [3.8, 4) is 0 Å². The summed E-state index contributed by atoms with van der Waals surface area (Å²) in [6.07, 6.45) is 1.10. The number of nitrogens with zero attached hydrogens (tertiary/aromatic N) is 1. The summed E-state index contributed by atoms with van der Waals surface area (Å²) >= 11 is 1.68. The Morgan fingerprint density at radius 3 is 2.83 bits per heavy atom. The summed E-state index contributed by atoms with van der Waals surface area (Å²) < 4.78 is 0. The van der Waals surface area contributed by atoms with E-state index >= 15 is 0 Å². The van der Waals surface area contributed by atoms with Crippen molar-refractivity contribution in [1.29, 1.82) is 0 Å². The molecule has 1 aromatic rings. The van der Waals surface area contributed by atoms with E-state index in [2.05, 4.69) is 32.4 Å². The van der Waals surface area contributed by atoms with Gasteiger partial charge in [-0.3, -0.25) is 10.1 Å². The van der Waals surface area contributed by atoms with Gasteiger partial charge in [0, 0.05) is 20.0 Å². The Bertz CT molecular complexity index is 379. The molecule has 1 rings (SSSR count). The largest absolute Gasteiger partial charge is 0.341 e. The van der Waals surface area contributed by atoms with E-state index in [0.717, 1.165) is 19.5 Å². The molecule has 0 fully saturated rings. The van der Waals surface area contributed by atoms with Crippen molar-refractivity contribution >= 4 is 23.3 Å². The second kappa shape index (κ2) is 7.84. The fraction of sp³-hybridized carbons (Fsp3) is 0.500. The number of urea groups is 1.